The minimum absolute atomic E-state index is 0.00275. The van der Waals surface area contributed by atoms with Gasteiger partial charge in [0.1, 0.15) is 11.6 Å². The predicted octanol–water partition coefficient (Wildman–Crippen LogP) is 7.62. The zero-order valence-electron chi connectivity index (χ0n) is 22.5. The lowest BCUT2D eigenvalue weighted by atomic mass is 9.53. The molecular formula is C32H30F3N3O3. The number of aromatic nitrogens is 2. The van der Waals surface area contributed by atoms with Crippen LogP contribution in [0.2, 0.25) is 0 Å². The van der Waals surface area contributed by atoms with Crippen molar-refractivity contribution in [2.75, 3.05) is 11.4 Å². The van der Waals surface area contributed by atoms with Crippen molar-refractivity contribution >= 4 is 11.6 Å². The van der Waals surface area contributed by atoms with E-state index in [0.717, 1.165) is 74.2 Å². The third kappa shape index (κ3) is 4.97. The third-order valence-electron chi connectivity index (χ3n) is 9.43. The Morgan fingerprint density at radius 3 is 2.39 bits per heavy atom. The number of hydrogen-bond acceptors (Lipinski definition) is 5. The van der Waals surface area contributed by atoms with Crippen molar-refractivity contribution in [1.29, 1.82) is 0 Å². The Morgan fingerprint density at radius 1 is 1.05 bits per heavy atom. The van der Waals surface area contributed by atoms with E-state index in [1.165, 1.54) is 12.1 Å². The van der Waals surface area contributed by atoms with Crippen LogP contribution in [0.3, 0.4) is 0 Å². The summed E-state index contributed by atoms with van der Waals surface area (Å²) in [5.41, 5.74) is 5.10. The number of carbonyl (C=O) groups excluding carboxylic acids is 1. The molecule has 0 N–H and O–H groups in total. The van der Waals surface area contributed by atoms with Crippen LogP contribution >= 0.6 is 0 Å². The first-order chi connectivity index (χ1) is 19.8. The van der Waals surface area contributed by atoms with E-state index in [1.807, 2.05) is 24.3 Å². The minimum atomic E-state index is -2.89. The predicted molar refractivity (Wildman–Crippen MR) is 145 cm³/mol. The van der Waals surface area contributed by atoms with E-state index < -0.39 is 12.4 Å². The van der Waals surface area contributed by atoms with E-state index in [4.69, 9.17) is 9.51 Å². The summed E-state index contributed by atoms with van der Waals surface area (Å²) in [5.74, 6) is 1.52. The zero-order chi connectivity index (χ0) is 28.2. The lowest BCUT2D eigenvalue weighted by Crippen LogP contribution is -2.51. The van der Waals surface area contributed by atoms with Gasteiger partial charge in [0.2, 0.25) is 5.89 Å². The lowest BCUT2D eigenvalue weighted by Gasteiger charge is -2.53. The van der Waals surface area contributed by atoms with Crippen molar-refractivity contribution in [2.24, 2.45) is 5.41 Å². The molecule has 2 bridgehead atoms. The van der Waals surface area contributed by atoms with Gasteiger partial charge in [0.25, 0.3) is 5.91 Å². The number of carbonyl (C=O) groups is 1. The molecule has 6 nitrogen and oxygen atoms in total. The highest BCUT2D eigenvalue weighted by Crippen LogP contribution is 2.58. The number of ether oxygens (including phenoxy) is 1. The number of benzene rings is 2. The maximum Gasteiger partial charge on any atom is 0.387 e. The number of rotatable bonds is 9. The van der Waals surface area contributed by atoms with E-state index >= 15 is 0 Å². The fourth-order valence-corrected chi connectivity index (χ4v) is 6.67. The maximum absolute atomic E-state index is 13.7. The van der Waals surface area contributed by atoms with Crippen LogP contribution in [-0.4, -0.2) is 29.2 Å². The second-order valence-electron chi connectivity index (χ2n) is 12.0. The second kappa shape index (κ2) is 9.91. The Morgan fingerprint density at radius 2 is 1.76 bits per heavy atom. The van der Waals surface area contributed by atoms with Gasteiger partial charge in [-0.25, -0.2) is 4.39 Å². The number of nitrogens with zero attached hydrogens (tertiary/aromatic N) is 3. The Hall–Kier alpha value is -3.84. The van der Waals surface area contributed by atoms with Crippen LogP contribution in [0.5, 0.6) is 5.75 Å². The van der Waals surface area contributed by atoms with Crippen LogP contribution in [-0.2, 0) is 10.2 Å². The molecule has 1 heterocycles. The highest BCUT2D eigenvalue weighted by molar-refractivity contribution is 6.07. The topological polar surface area (TPSA) is 68.5 Å². The Bertz CT molecular complexity index is 1530. The molecule has 0 unspecified atom stereocenters. The van der Waals surface area contributed by atoms with Gasteiger partial charge >= 0.3 is 6.61 Å². The first kappa shape index (κ1) is 26.1. The summed E-state index contributed by atoms with van der Waals surface area (Å²) in [5, 5.41) is 4.26. The number of hydrogen-bond donors (Lipinski definition) is 0. The summed E-state index contributed by atoms with van der Waals surface area (Å²) in [7, 11) is 0. The van der Waals surface area contributed by atoms with Gasteiger partial charge in [-0.05, 0) is 92.2 Å². The fourth-order valence-electron chi connectivity index (χ4n) is 6.67. The SMILES string of the molecule is O=C(C1=C=C(F)C1)N(CC12CCC(c3nc(C4CC4)no3)(CC1)CC2)c1cccc(-c2ccc(OC(F)F)cc2)c1. The van der Waals surface area contributed by atoms with Crippen molar-refractivity contribution in [3.05, 3.63) is 77.4 Å². The molecule has 1 aromatic heterocycles. The van der Waals surface area contributed by atoms with Gasteiger partial charge in [0.15, 0.2) is 5.82 Å². The standard InChI is InChI=1S/C32H30F3N3O3/c33-24-16-23(17-24)28(39)38(25-3-1-2-22(18-25)20-6-8-26(9-7-20)40-30(34)35)19-31-10-13-32(14-11-31,15-12-31)29-36-27(37-41-29)21-4-5-21/h1-3,6-9,18,21,30H,4-5,10-16,19H2. The number of amides is 1. The van der Waals surface area contributed by atoms with Gasteiger partial charge in [-0.1, -0.05) is 35.2 Å². The first-order valence-electron chi connectivity index (χ1n) is 14.3. The normalized spacial score (nSPS) is 25.0. The molecule has 4 fully saturated rings. The van der Waals surface area contributed by atoms with Crippen LogP contribution in [0.25, 0.3) is 11.1 Å². The molecule has 0 saturated heterocycles. The van der Waals surface area contributed by atoms with Crippen molar-refractivity contribution in [3.63, 3.8) is 0 Å². The van der Waals surface area contributed by atoms with Crippen LogP contribution in [0.1, 0.15) is 75.4 Å². The molecule has 0 atom stereocenters. The fraction of sp³-hybridized carbons (Fsp3) is 0.438. The van der Waals surface area contributed by atoms with Gasteiger partial charge in [-0.2, -0.15) is 13.8 Å². The molecular weight excluding hydrogens is 531 g/mol. The van der Waals surface area contributed by atoms with E-state index in [9.17, 15) is 18.0 Å². The van der Waals surface area contributed by atoms with Gasteiger partial charge in [-0.3, -0.25) is 4.79 Å². The Labute approximate surface area is 235 Å². The summed E-state index contributed by atoms with van der Waals surface area (Å²) in [6.07, 6.45) is 7.88. The molecule has 2 aromatic carbocycles. The highest BCUT2D eigenvalue weighted by atomic mass is 19.3. The Kier molecular flexibility index (Phi) is 6.31. The average molecular weight is 562 g/mol. The third-order valence-corrected chi connectivity index (χ3v) is 9.43. The molecule has 4 saturated carbocycles. The van der Waals surface area contributed by atoms with Crippen molar-refractivity contribution in [3.8, 4) is 16.9 Å². The summed E-state index contributed by atoms with van der Waals surface area (Å²) in [4.78, 5) is 20.3. The lowest BCUT2D eigenvalue weighted by molar-refractivity contribution is -0.116. The second-order valence-corrected chi connectivity index (χ2v) is 12.0. The zero-order valence-corrected chi connectivity index (χ0v) is 22.5. The van der Waals surface area contributed by atoms with E-state index in [2.05, 4.69) is 15.6 Å². The summed E-state index contributed by atoms with van der Waals surface area (Å²) < 4.78 is 49.0. The quantitative estimate of drug-likeness (QED) is 0.251. The van der Waals surface area contributed by atoms with E-state index in [-0.39, 0.29) is 28.9 Å². The first-order valence-corrected chi connectivity index (χ1v) is 14.3. The monoisotopic (exact) mass is 561 g/mol. The van der Waals surface area contributed by atoms with Crippen LogP contribution < -0.4 is 9.64 Å². The number of anilines is 1. The van der Waals surface area contributed by atoms with Gasteiger partial charge in [0, 0.05) is 30.0 Å². The molecule has 212 valence electrons. The Balaban J connectivity index is 1.14. The molecule has 5 aliphatic rings. The molecule has 1 amide bonds. The summed E-state index contributed by atoms with van der Waals surface area (Å²) in [6, 6.07) is 14.0. The van der Waals surface area contributed by atoms with Crippen molar-refractivity contribution in [1.82, 2.24) is 10.1 Å². The molecule has 0 radical (unpaired) electrons. The largest absolute Gasteiger partial charge is 0.435 e. The van der Waals surface area contributed by atoms with Gasteiger partial charge in [-0.15, -0.1) is 0 Å². The average Bonchev–Trinajstić information content (AvgIpc) is 3.70. The van der Waals surface area contributed by atoms with Crippen LogP contribution in [0.4, 0.5) is 18.9 Å². The summed E-state index contributed by atoms with van der Waals surface area (Å²) in [6.45, 7) is -2.36. The molecule has 0 aliphatic heterocycles. The molecule has 3 aromatic rings. The highest BCUT2D eigenvalue weighted by Gasteiger charge is 2.53. The van der Waals surface area contributed by atoms with E-state index in [0.29, 0.717) is 23.7 Å². The number of fused-ring (bicyclic) bond motifs is 3. The van der Waals surface area contributed by atoms with E-state index in [1.54, 1.807) is 17.0 Å². The molecule has 5 aliphatic carbocycles. The van der Waals surface area contributed by atoms with Crippen LogP contribution in [0, 0.1) is 5.41 Å². The number of alkyl halides is 2. The maximum atomic E-state index is 13.7. The van der Waals surface area contributed by atoms with Gasteiger partial charge < -0.3 is 14.2 Å². The smallest absolute Gasteiger partial charge is 0.387 e. The molecule has 9 heteroatoms. The van der Waals surface area contributed by atoms with Crippen molar-refractivity contribution < 1.29 is 27.2 Å². The molecule has 41 heavy (non-hydrogen) atoms. The van der Waals surface area contributed by atoms with Crippen molar-refractivity contribution in [2.45, 2.75) is 75.7 Å². The molecule has 0 spiro atoms. The number of halogens is 3. The molecule has 8 rings (SSSR count). The summed E-state index contributed by atoms with van der Waals surface area (Å²) >= 11 is 0. The van der Waals surface area contributed by atoms with Crippen LogP contribution in [0.15, 0.2) is 70.2 Å². The van der Waals surface area contributed by atoms with Gasteiger partial charge in [0.05, 0.1) is 5.57 Å². The minimum Gasteiger partial charge on any atom is -0.435 e.